The van der Waals surface area contributed by atoms with Gasteiger partial charge in [0.2, 0.25) is 5.91 Å². The summed E-state index contributed by atoms with van der Waals surface area (Å²) in [5.74, 6) is 1.85. The second-order valence-electron chi connectivity index (χ2n) is 5.55. The highest BCUT2D eigenvalue weighted by molar-refractivity contribution is 6.30. The monoisotopic (exact) mass is 298 g/mol. The highest BCUT2D eigenvalue weighted by Gasteiger charge is 2.12. The summed E-state index contributed by atoms with van der Waals surface area (Å²) in [6, 6.07) is 0. The molecule has 2 N–H and O–H groups in total. The Balaban J connectivity index is 2.70. The van der Waals surface area contributed by atoms with Crippen molar-refractivity contribution in [3.05, 3.63) is 16.5 Å². The minimum atomic E-state index is -0.0565. The lowest BCUT2D eigenvalue weighted by Gasteiger charge is -2.13. The number of halogens is 1. The molecule has 0 aromatic carbocycles. The molecule has 0 aliphatic rings. The first-order chi connectivity index (χ1) is 9.31. The zero-order valence-electron chi connectivity index (χ0n) is 12.7. The van der Waals surface area contributed by atoms with Crippen molar-refractivity contribution >= 4 is 23.3 Å². The molecule has 0 fully saturated rings. The summed E-state index contributed by atoms with van der Waals surface area (Å²) in [6.45, 7) is 10.8. The predicted octanol–water partition coefficient (Wildman–Crippen LogP) is 2.75. The third kappa shape index (κ3) is 4.96. The van der Waals surface area contributed by atoms with E-state index < -0.39 is 0 Å². The van der Waals surface area contributed by atoms with E-state index in [0.717, 1.165) is 5.56 Å². The van der Waals surface area contributed by atoms with Crippen molar-refractivity contribution in [2.45, 2.75) is 40.5 Å². The second-order valence-corrected chi connectivity index (χ2v) is 5.91. The van der Waals surface area contributed by atoms with Gasteiger partial charge in [0, 0.05) is 18.0 Å². The van der Waals surface area contributed by atoms with E-state index in [9.17, 15) is 4.79 Å². The van der Waals surface area contributed by atoms with Gasteiger partial charge in [-0.05, 0) is 12.8 Å². The largest absolute Gasteiger partial charge is 0.361 e. The lowest BCUT2D eigenvalue weighted by atomic mass is 10.2. The van der Waals surface area contributed by atoms with Crippen LogP contribution in [0.15, 0.2) is 0 Å². The summed E-state index contributed by atoms with van der Waals surface area (Å²) in [5.41, 5.74) is 0.757. The van der Waals surface area contributed by atoms with Crippen LogP contribution in [-0.2, 0) is 4.79 Å². The molecule has 0 spiro atoms. The maximum absolute atomic E-state index is 11.7. The van der Waals surface area contributed by atoms with Gasteiger partial charge in [0.1, 0.15) is 16.8 Å². The van der Waals surface area contributed by atoms with Gasteiger partial charge in [-0.2, -0.15) is 0 Å². The lowest BCUT2D eigenvalue weighted by Crippen LogP contribution is -2.32. The molecule has 1 rings (SSSR count). The molecule has 0 unspecified atom stereocenters. The van der Waals surface area contributed by atoms with Crippen molar-refractivity contribution in [3.8, 4) is 0 Å². The maximum atomic E-state index is 11.7. The van der Waals surface area contributed by atoms with Gasteiger partial charge in [-0.1, -0.05) is 39.3 Å². The zero-order chi connectivity index (χ0) is 15.3. The first-order valence-corrected chi connectivity index (χ1v) is 7.23. The predicted molar refractivity (Wildman–Crippen MR) is 82.2 cm³/mol. The molecule has 0 atom stereocenters. The lowest BCUT2D eigenvalue weighted by molar-refractivity contribution is -0.119. The minimum Gasteiger partial charge on any atom is -0.361 e. The van der Waals surface area contributed by atoms with Crippen LogP contribution in [-0.4, -0.2) is 29.0 Å². The van der Waals surface area contributed by atoms with Crippen LogP contribution in [0, 0.1) is 12.8 Å². The van der Waals surface area contributed by atoms with E-state index in [4.69, 9.17) is 11.6 Å². The van der Waals surface area contributed by atoms with Crippen molar-refractivity contribution in [2.24, 2.45) is 5.92 Å². The molecule has 0 aliphatic heterocycles. The molecular weight excluding hydrogens is 276 g/mol. The molecule has 0 saturated heterocycles. The molecule has 0 bridgehead atoms. The van der Waals surface area contributed by atoms with Crippen LogP contribution >= 0.6 is 11.6 Å². The molecule has 5 nitrogen and oxygen atoms in total. The third-order valence-corrected chi connectivity index (χ3v) is 3.11. The number of carbonyl (C=O) groups excluding carboxylic acids is 1. The molecule has 0 aliphatic carbocycles. The van der Waals surface area contributed by atoms with Crippen LogP contribution < -0.4 is 10.6 Å². The van der Waals surface area contributed by atoms with Gasteiger partial charge in [-0.25, -0.2) is 9.97 Å². The Labute approximate surface area is 125 Å². The van der Waals surface area contributed by atoms with Crippen LogP contribution in [0.1, 0.15) is 45.0 Å². The summed E-state index contributed by atoms with van der Waals surface area (Å²) in [7, 11) is 0. The Morgan fingerprint density at radius 1 is 1.25 bits per heavy atom. The van der Waals surface area contributed by atoms with Gasteiger partial charge in [0.15, 0.2) is 0 Å². The summed E-state index contributed by atoms with van der Waals surface area (Å²) in [4.78, 5) is 20.3. The molecule has 0 radical (unpaired) electrons. The van der Waals surface area contributed by atoms with E-state index in [1.807, 2.05) is 20.8 Å². The van der Waals surface area contributed by atoms with Gasteiger partial charge < -0.3 is 10.6 Å². The first-order valence-electron chi connectivity index (χ1n) is 6.85. The molecule has 20 heavy (non-hydrogen) atoms. The van der Waals surface area contributed by atoms with Crippen LogP contribution in [0.5, 0.6) is 0 Å². The fourth-order valence-corrected chi connectivity index (χ4v) is 1.66. The number of anilines is 1. The van der Waals surface area contributed by atoms with Crippen molar-refractivity contribution in [3.63, 3.8) is 0 Å². The standard InChI is InChI=1S/C14H23ClN4O/c1-8(2)6-16-11(20)7-17-14-10(5)12(15)18-13(19-14)9(3)4/h8-9H,6-7H2,1-5H3,(H,16,20)(H,17,18,19). The fraction of sp³-hybridized carbons (Fsp3) is 0.643. The van der Waals surface area contributed by atoms with E-state index in [0.29, 0.717) is 29.3 Å². The van der Waals surface area contributed by atoms with E-state index in [2.05, 4.69) is 34.4 Å². The highest BCUT2D eigenvalue weighted by Crippen LogP contribution is 2.22. The van der Waals surface area contributed by atoms with Crippen LogP contribution in [0.2, 0.25) is 5.15 Å². The van der Waals surface area contributed by atoms with Gasteiger partial charge in [-0.15, -0.1) is 0 Å². The highest BCUT2D eigenvalue weighted by atomic mass is 35.5. The Morgan fingerprint density at radius 3 is 2.45 bits per heavy atom. The first kappa shape index (κ1) is 16.7. The molecular formula is C14H23ClN4O. The van der Waals surface area contributed by atoms with Crippen molar-refractivity contribution in [1.82, 2.24) is 15.3 Å². The topological polar surface area (TPSA) is 66.9 Å². The van der Waals surface area contributed by atoms with Crippen molar-refractivity contribution < 1.29 is 4.79 Å². The number of rotatable bonds is 6. The smallest absolute Gasteiger partial charge is 0.239 e. The normalized spacial score (nSPS) is 11.0. The SMILES string of the molecule is Cc1c(Cl)nc(C(C)C)nc1NCC(=O)NCC(C)C. The number of amides is 1. The Kier molecular flexibility index (Phi) is 6.20. The minimum absolute atomic E-state index is 0.0565. The Hall–Kier alpha value is -1.36. The second kappa shape index (κ2) is 7.43. The average molecular weight is 299 g/mol. The maximum Gasteiger partial charge on any atom is 0.239 e. The molecule has 1 amide bonds. The van der Waals surface area contributed by atoms with E-state index >= 15 is 0 Å². The molecule has 1 heterocycles. The van der Waals surface area contributed by atoms with Crippen LogP contribution in [0.4, 0.5) is 5.82 Å². The van der Waals surface area contributed by atoms with Gasteiger partial charge in [0.25, 0.3) is 0 Å². The Bertz CT molecular complexity index is 474. The molecule has 6 heteroatoms. The van der Waals surface area contributed by atoms with E-state index in [1.165, 1.54) is 0 Å². The number of nitrogens with one attached hydrogen (secondary N) is 2. The third-order valence-electron chi connectivity index (χ3n) is 2.74. The summed E-state index contributed by atoms with van der Waals surface area (Å²) in [6.07, 6.45) is 0. The summed E-state index contributed by atoms with van der Waals surface area (Å²) >= 11 is 6.09. The van der Waals surface area contributed by atoms with Gasteiger partial charge in [-0.3, -0.25) is 4.79 Å². The van der Waals surface area contributed by atoms with Crippen LogP contribution in [0.3, 0.4) is 0 Å². The number of carbonyl (C=O) groups is 1. The van der Waals surface area contributed by atoms with E-state index in [-0.39, 0.29) is 18.4 Å². The molecule has 1 aromatic heterocycles. The van der Waals surface area contributed by atoms with Crippen LogP contribution in [0.25, 0.3) is 0 Å². The molecule has 1 aromatic rings. The Morgan fingerprint density at radius 2 is 1.90 bits per heavy atom. The number of aromatic nitrogens is 2. The number of hydrogen-bond donors (Lipinski definition) is 2. The molecule has 0 saturated carbocycles. The van der Waals surface area contributed by atoms with Gasteiger partial charge >= 0.3 is 0 Å². The number of hydrogen-bond acceptors (Lipinski definition) is 4. The van der Waals surface area contributed by atoms with Gasteiger partial charge in [0.05, 0.1) is 6.54 Å². The fourth-order valence-electron chi connectivity index (χ4n) is 1.48. The quantitative estimate of drug-likeness (QED) is 0.793. The summed E-state index contributed by atoms with van der Waals surface area (Å²) in [5, 5.41) is 6.30. The van der Waals surface area contributed by atoms with E-state index in [1.54, 1.807) is 0 Å². The average Bonchev–Trinajstić information content (AvgIpc) is 2.37. The zero-order valence-corrected chi connectivity index (χ0v) is 13.5. The van der Waals surface area contributed by atoms with Crippen molar-refractivity contribution in [1.29, 1.82) is 0 Å². The molecule has 112 valence electrons. The number of nitrogens with zero attached hydrogens (tertiary/aromatic N) is 2. The summed E-state index contributed by atoms with van der Waals surface area (Å²) < 4.78 is 0. The van der Waals surface area contributed by atoms with Crippen molar-refractivity contribution in [2.75, 3.05) is 18.4 Å².